The summed E-state index contributed by atoms with van der Waals surface area (Å²) < 4.78 is 38.1. The summed E-state index contributed by atoms with van der Waals surface area (Å²) in [5.41, 5.74) is -1.14. The van der Waals surface area contributed by atoms with Crippen LogP contribution in [-0.2, 0) is 6.18 Å². The lowest BCUT2D eigenvalue weighted by Gasteiger charge is -2.15. The van der Waals surface area contributed by atoms with Gasteiger partial charge in [-0.3, -0.25) is 5.10 Å². The second-order valence-corrected chi connectivity index (χ2v) is 3.36. The maximum atomic E-state index is 12.7. The van der Waals surface area contributed by atoms with E-state index in [-0.39, 0.29) is 11.4 Å². The number of hydrogen-bond acceptors (Lipinski definition) is 3. The highest BCUT2D eigenvalue weighted by Crippen LogP contribution is 2.35. The molecule has 2 N–H and O–H groups in total. The summed E-state index contributed by atoms with van der Waals surface area (Å²) in [5.74, 6) is -0.0262. The average molecular weight is 243 g/mol. The van der Waals surface area contributed by atoms with Crippen molar-refractivity contribution in [1.82, 2.24) is 15.2 Å². The first-order valence-electron chi connectivity index (χ1n) is 4.69. The summed E-state index contributed by atoms with van der Waals surface area (Å²) >= 11 is 0. The van der Waals surface area contributed by atoms with Crippen LogP contribution in [0.4, 0.5) is 13.2 Å². The van der Waals surface area contributed by atoms with Gasteiger partial charge in [0.25, 0.3) is 0 Å². The van der Waals surface area contributed by atoms with E-state index < -0.39 is 17.8 Å². The Morgan fingerprint density at radius 1 is 1.24 bits per heavy atom. The number of nitrogens with one attached hydrogen (secondary N) is 1. The van der Waals surface area contributed by atoms with E-state index in [1.807, 2.05) is 0 Å². The smallest absolute Gasteiger partial charge is 0.380 e. The summed E-state index contributed by atoms with van der Waals surface area (Å²) in [4.78, 5) is 3.63. The van der Waals surface area contributed by atoms with Crippen molar-refractivity contribution in [3.05, 3.63) is 47.5 Å². The molecule has 17 heavy (non-hydrogen) atoms. The highest BCUT2D eigenvalue weighted by molar-refractivity contribution is 5.34. The lowest BCUT2D eigenvalue weighted by molar-refractivity contribution is -0.139. The Morgan fingerprint density at radius 3 is 2.53 bits per heavy atom. The first-order chi connectivity index (χ1) is 8.00. The highest BCUT2D eigenvalue weighted by atomic mass is 19.4. The summed E-state index contributed by atoms with van der Waals surface area (Å²) in [7, 11) is 0. The molecule has 1 aromatic carbocycles. The predicted molar refractivity (Wildman–Crippen MR) is 51.9 cm³/mol. The van der Waals surface area contributed by atoms with Crippen LogP contribution in [0.1, 0.15) is 23.1 Å². The molecule has 7 heteroatoms. The average Bonchev–Trinajstić information content (AvgIpc) is 2.80. The monoisotopic (exact) mass is 243 g/mol. The Hall–Kier alpha value is -1.89. The van der Waals surface area contributed by atoms with Gasteiger partial charge in [-0.25, -0.2) is 4.98 Å². The Balaban J connectivity index is 2.46. The van der Waals surface area contributed by atoms with Crippen molar-refractivity contribution in [2.45, 2.75) is 12.3 Å². The lowest BCUT2D eigenvalue weighted by atomic mass is 10.0. The van der Waals surface area contributed by atoms with E-state index in [1.54, 1.807) is 0 Å². The van der Waals surface area contributed by atoms with Crippen LogP contribution in [0, 0.1) is 0 Å². The zero-order valence-corrected chi connectivity index (χ0v) is 8.44. The van der Waals surface area contributed by atoms with Crippen molar-refractivity contribution in [2.75, 3.05) is 0 Å². The molecule has 0 aliphatic heterocycles. The van der Waals surface area contributed by atoms with Crippen LogP contribution in [0.5, 0.6) is 0 Å². The minimum absolute atomic E-state index is 0.0262. The van der Waals surface area contributed by atoms with Gasteiger partial charge in [-0.05, 0) is 6.07 Å². The van der Waals surface area contributed by atoms with Gasteiger partial charge in [0.05, 0.1) is 5.56 Å². The normalized spacial score (nSPS) is 13.6. The first-order valence-corrected chi connectivity index (χ1v) is 4.69. The molecule has 1 unspecified atom stereocenters. The molecule has 1 heterocycles. The van der Waals surface area contributed by atoms with Crippen molar-refractivity contribution in [3.8, 4) is 0 Å². The van der Waals surface area contributed by atoms with E-state index in [9.17, 15) is 18.3 Å². The molecular weight excluding hydrogens is 235 g/mol. The number of aliphatic hydroxyl groups is 1. The molecule has 0 fully saturated rings. The Kier molecular flexibility index (Phi) is 2.84. The molecule has 1 aromatic heterocycles. The maximum Gasteiger partial charge on any atom is 0.416 e. The maximum absolute atomic E-state index is 12.7. The number of aromatic amines is 1. The Bertz CT molecular complexity index is 496. The minimum Gasteiger partial charge on any atom is -0.380 e. The zero-order chi connectivity index (χ0) is 12.5. The molecule has 0 amide bonds. The summed E-state index contributed by atoms with van der Waals surface area (Å²) in [6, 6.07) is 4.80. The van der Waals surface area contributed by atoms with E-state index in [0.29, 0.717) is 0 Å². The number of H-pyrrole nitrogens is 1. The van der Waals surface area contributed by atoms with E-state index >= 15 is 0 Å². The Labute approximate surface area is 94.1 Å². The van der Waals surface area contributed by atoms with E-state index in [4.69, 9.17) is 0 Å². The second kappa shape index (κ2) is 4.17. The van der Waals surface area contributed by atoms with Crippen LogP contribution in [0.2, 0.25) is 0 Å². The lowest BCUT2D eigenvalue weighted by Crippen LogP contribution is -2.13. The molecule has 0 bridgehead atoms. The molecule has 0 aliphatic rings. The van der Waals surface area contributed by atoms with Gasteiger partial charge >= 0.3 is 6.18 Å². The third-order valence-corrected chi connectivity index (χ3v) is 2.25. The van der Waals surface area contributed by atoms with Crippen LogP contribution in [0.3, 0.4) is 0 Å². The van der Waals surface area contributed by atoms with Gasteiger partial charge in [-0.15, -0.1) is 0 Å². The van der Waals surface area contributed by atoms with Crippen molar-refractivity contribution in [3.63, 3.8) is 0 Å². The van der Waals surface area contributed by atoms with Crippen molar-refractivity contribution < 1.29 is 18.3 Å². The second-order valence-electron chi connectivity index (χ2n) is 3.36. The van der Waals surface area contributed by atoms with Gasteiger partial charge in [0, 0.05) is 5.56 Å². The molecule has 90 valence electrons. The zero-order valence-electron chi connectivity index (χ0n) is 8.44. The first kappa shape index (κ1) is 11.6. The molecule has 0 saturated carbocycles. The van der Waals surface area contributed by atoms with E-state index in [2.05, 4.69) is 15.2 Å². The van der Waals surface area contributed by atoms with Crippen LogP contribution < -0.4 is 0 Å². The van der Waals surface area contributed by atoms with Crippen LogP contribution in [0.25, 0.3) is 0 Å². The van der Waals surface area contributed by atoms with E-state index in [1.165, 1.54) is 18.2 Å². The molecule has 2 rings (SSSR count). The fraction of sp³-hybridized carbons (Fsp3) is 0.200. The summed E-state index contributed by atoms with van der Waals surface area (Å²) in [5, 5.41) is 15.6. The molecule has 2 aromatic rings. The van der Waals surface area contributed by atoms with Crippen LogP contribution >= 0.6 is 0 Å². The largest absolute Gasteiger partial charge is 0.416 e. The number of halogens is 3. The van der Waals surface area contributed by atoms with Gasteiger partial charge in [0.2, 0.25) is 0 Å². The molecule has 1 atom stereocenters. The van der Waals surface area contributed by atoms with Crippen molar-refractivity contribution in [1.29, 1.82) is 0 Å². The molecule has 0 saturated heterocycles. The fourth-order valence-electron chi connectivity index (χ4n) is 1.49. The number of hydrogen-bond donors (Lipinski definition) is 2. The molecule has 0 spiro atoms. The van der Waals surface area contributed by atoms with Gasteiger partial charge in [-0.2, -0.15) is 18.3 Å². The third kappa shape index (κ3) is 2.28. The Morgan fingerprint density at radius 2 is 1.94 bits per heavy atom. The minimum atomic E-state index is -4.52. The van der Waals surface area contributed by atoms with Crippen molar-refractivity contribution >= 4 is 0 Å². The number of aliphatic hydroxyl groups excluding tert-OH is 1. The van der Waals surface area contributed by atoms with Crippen LogP contribution in [-0.4, -0.2) is 20.3 Å². The molecule has 4 nitrogen and oxygen atoms in total. The van der Waals surface area contributed by atoms with Gasteiger partial charge in [0.1, 0.15) is 12.4 Å². The van der Waals surface area contributed by atoms with E-state index in [0.717, 1.165) is 12.4 Å². The van der Waals surface area contributed by atoms with Crippen LogP contribution in [0.15, 0.2) is 30.6 Å². The standard InChI is InChI=1S/C10H8F3N3O/c11-10(12,13)7-4-2-1-3-6(7)8(17)9-14-5-15-16-9/h1-5,8,17H,(H,14,15,16). The number of benzene rings is 1. The predicted octanol–water partition coefficient (Wildman–Crippen LogP) is 1.91. The van der Waals surface area contributed by atoms with Gasteiger partial charge in [-0.1, -0.05) is 18.2 Å². The van der Waals surface area contributed by atoms with Gasteiger partial charge in [0.15, 0.2) is 5.82 Å². The highest BCUT2D eigenvalue weighted by Gasteiger charge is 2.35. The number of aromatic nitrogens is 3. The quantitative estimate of drug-likeness (QED) is 0.846. The fourth-order valence-corrected chi connectivity index (χ4v) is 1.49. The third-order valence-electron chi connectivity index (χ3n) is 2.25. The SMILES string of the molecule is OC(c1ncn[nH]1)c1ccccc1C(F)(F)F. The summed E-state index contributed by atoms with van der Waals surface area (Å²) in [6.07, 6.45) is -4.87. The molecule has 0 radical (unpaired) electrons. The van der Waals surface area contributed by atoms with Crippen molar-refractivity contribution in [2.24, 2.45) is 0 Å². The number of rotatable bonds is 2. The number of alkyl halides is 3. The molecular formula is C10H8F3N3O. The number of nitrogens with zero attached hydrogens (tertiary/aromatic N) is 2. The topological polar surface area (TPSA) is 61.8 Å². The van der Waals surface area contributed by atoms with Gasteiger partial charge < -0.3 is 5.11 Å². The molecule has 0 aliphatic carbocycles. The summed E-state index contributed by atoms with van der Waals surface area (Å²) in [6.45, 7) is 0.